The molecular weight excluding hydrogens is 301 g/mol. The van der Waals surface area contributed by atoms with Crippen molar-refractivity contribution in [3.05, 3.63) is 65.0 Å². The lowest BCUT2D eigenvalue weighted by molar-refractivity contribution is 0.259. The normalized spacial score (nSPS) is 26.0. The molecule has 1 heterocycles. The number of hydrogen-bond donors (Lipinski definition) is 0. The smallest absolute Gasteiger partial charge is 0.123 e. The van der Waals surface area contributed by atoms with E-state index in [9.17, 15) is 4.39 Å². The van der Waals surface area contributed by atoms with Crippen LogP contribution in [0.1, 0.15) is 29.0 Å². The Morgan fingerprint density at radius 1 is 1.21 bits per heavy atom. The number of halogens is 1. The van der Waals surface area contributed by atoms with Crippen molar-refractivity contribution in [3.8, 4) is 5.75 Å². The lowest BCUT2D eigenvalue weighted by Crippen LogP contribution is -2.32. The molecule has 2 aromatic rings. The van der Waals surface area contributed by atoms with Gasteiger partial charge in [-0.05, 0) is 73.2 Å². The first-order valence-electron chi connectivity index (χ1n) is 8.77. The Hall–Kier alpha value is -1.87. The summed E-state index contributed by atoms with van der Waals surface area (Å²) in [6.45, 7) is 1.09. The van der Waals surface area contributed by atoms with Crippen molar-refractivity contribution in [2.45, 2.75) is 31.2 Å². The van der Waals surface area contributed by atoms with Gasteiger partial charge in [-0.25, -0.2) is 4.39 Å². The Labute approximate surface area is 143 Å². The average molecular weight is 325 g/mol. The summed E-state index contributed by atoms with van der Waals surface area (Å²) in [6.07, 6.45) is 3.25. The minimum atomic E-state index is -0.134. The Morgan fingerprint density at radius 2 is 2.08 bits per heavy atom. The molecule has 1 saturated heterocycles. The number of likely N-dealkylation sites (N-methyl/N-ethyl adjacent to an activating group) is 1. The number of aryl methyl sites for hydroxylation is 1. The maximum atomic E-state index is 13.5. The number of hydrogen-bond acceptors (Lipinski definition) is 2. The summed E-state index contributed by atoms with van der Waals surface area (Å²) in [6, 6.07) is 14.1. The fourth-order valence-corrected chi connectivity index (χ4v) is 4.72. The van der Waals surface area contributed by atoms with Crippen LogP contribution in [0, 0.1) is 11.7 Å². The van der Waals surface area contributed by atoms with Gasteiger partial charge >= 0.3 is 0 Å². The summed E-state index contributed by atoms with van der Waals surface area (Å²) in [5, 5.41) is 0. The van der Waals surface area contributed by atoms with Crippen molar-refractivity contribution in [2.75, 3.05) is 20.7 Å². The van der Waals surface area contributed by atoms with Crippen molar-refractivity contribution in [3.63, 3.8) is 0 Å². The van der Waals surface area contributed by atoms with Crippen LogP contribution in [0.4, 0.5) is 4.39 Å². The predicted octanol–water partition coefficient (Wildman–Crippen LogP) is 4.04. The van der Waals surface area contributed by atoms with Gasteiger partial charge in [0.1, 0.15) is 11.6 Å². The maximum absolute atomic E-state index is 13.5. The molecule has 0 amide bonds. The minimum Gasteiger partial charge on any atom is -0.497 e. The Kier molecular flexibility index (Phi) is 4.05. The molecule has 126 valence electrons. The monoisotopic (exact) mass is 325 g/mol. The van der Waals surface area contributed by atoms with Gasteiger partial charge in [0.2, 0.25) is 0 Å². The number of fused-ring (bicyclic) bond motifs is 3. The molecule has 2 aliphatic rings. The van der Waals surface area contributed by atoms with Crippen molar-refractivity contribution in [2.24, 2.45) is 5.92 Å². The van der Waals surface area contributed by atoms with Crippen LogP contribution in [0.5, 0.6) is 5.75 Å². The van der Waals surface area contributed by atoms with Crippen LogP contribution in [-0.2, 0) is 12.8 Å². The van der Waals surface area contributed by atoms with E-state index in [1.807, 2.05) is 12.1 Å². The van der Waals surface area contributed by atoms with Crippen LogP contribution in [-0.4, -0.2) is 31.6 Å². The molecule has 1 aliphatic heterocycles. The molecule has 3 heteroatoms. The number of rotatable bonds is 3. The van der Waals surface area contributed by atoms with Crippen LogP contribution in [0.3, 0.4) is 0 Å². The van der Waals surface area contributed by atoms with Crippen molar-refractivity contribution >= 4 is 0 Å². The van der Waals surface area contributed by atoms with E-state index in [1.54, 1.807) is 13.2 Å². The summed E-state index contributed by atoms with van der Waals surface area (Å²) >= 11 is 0. The zero-order chi connectivity index (χ0) is 16.7. The molecule has 24 heavy (non-hydrogen) atoms. The third-order valence-corrected chi connectivity index (χ3v) is 5.89. The van der Waals surface area contributed by atoms with E-state index < -0.39 is 0 Å². The van der Waals surface area contributed by atoms with Gasteiger partial charge in [0, 0.05) is 18.5 Å². The SMILES string of the molecule is COc1ccc2c(c1)CCC1C2CN(C)C1Cc1cccc(F)c1. The van der Waals surface area contributed by atoms with E-state index in [-0.39, 0.29) is 5.82 Å². The van der Waals surface area contributed by atoms with Gasteiger partial charge in [0.25, 0.3) is 0 Å². The molecule has 0 aromatic heterocycles. The number of nitrogens with zero attached hydrogens (tertiary/aromatic N) is 1. The third kappa shape index (κ3) is 2.71. The standard InChI is InChI=1S/C21H24FNO/c1-23-13-20-18-9-7-17(24-2)12-15(18)6-8-19(20)21(23)11-14-4-3-5-16(22)10-14/h3-5,7,9-10,12,19-21H,6,8,11,13H2,1-2H3. The number of benzene rings is 2. The first kappa shape index (κ1) is 15.6. The number of methoxy groups -OCH3 is 1. The summed E-state index contributed by atoms with van der Waals surface area (Å²) in [5.41, 5.74) is 4.03. The molecule has 3 unspecified atom stereocenters. The van der Waals surface area contributed by atoms with E-state index in [2.05, 4.69) is 30.1 Å². The summed E-state index contributed by atoms with van der Waals surface area (Å²) < 4.78 is 18.9. The van der Waals surface area contributed by atoms with Gasteiger partial charge in [0.15, 0.2) is 0 Å². The second-order valence-electron chi connectivity index (χ2n) is 7.21. The van der Waals surface area contributed by atoms with Crippen molar-refractivity contribution < 1.29 is 9.13 Å². The Morgan fingerprint density at radius 3 is 2.88 bits per heavy atom. The van der Waals surface area contributed by atoms with Crippen molar-refractivity contribution in [1.29, 1.82) is 0 Å². The highest BCUT2D eigenvalue weighted by Crippen LogP contribution is 2.45. The lowest BCUT2D eigenvalue weighted by Gasteiger charge is -2.31. The molecule has 2 nitrogen and oxygen atoms in total. The minimum absolute atomic E-state index is 0.134. The molecule has 0 saturated carbocycles. The number of likely N-dealkylation sites (tertiary alicyclic amines) is 1. The molecule has 0 bridgehead atoms. The highest BCUT2D eigenvalue weighted by molar-refractivity contribution is 5.41. The molecule has 1 fully saturated rings. The zero-order valence-corrected chi connectivity index (χ0v) is 14.3. The molecule has 0 spiro atoms. The largest absolute Gasteiger partial charge is 0.497 e. The molecule has 1 aliphatic carbocycles. The molecule has 0 radical (unpaired) electrons. The van der Waals surface area contributed by atoms with E-state index in [0.717, 1.165) is 30.7 Å². The maximum Gasteiger partial charge on any atom is 0.123 e. The number of ether oxygens (including phenoxy) is 1. The van der Waals surface area contributed by atoms with Crippen LogP contribution in [0.2, 0.25) is 0 Å². The third-order valence-electron chi connectivity index (χ3n) is 5.89. The Balaban J connectivity index is 1.59. The second-order valence-corrected chi connectivity index (χ2v) is 7.21. The molecular formula is C21H24FNO. The van der Waals surface area contributed by atoms with Crippen LogP contribution >= 0.6 is 0 Å². The van der Waals surface area contributed by atoms with E-state index in [0.29, 0.717) is 17.9 Å². The Bertz CT molecular complexity index is 744. The van der Waals surface area contributed by atoms with Crippen LogP contribution in [0.25, 0.3) is 0 Å². The fourth-order valence-electron chi connectivity index (χ4n) is 4.72. The van der Waals surface area contributed by atoms with Gasteiger partial charge in [0.05, 0.1) is 7.11 Å². The molecule has 4 rings (SSSR count). The average Bonchev–Trinajstić information content (AvgIpc) is 2.90. The summed E-state index contributed by atoms with van der Waals surface area (Å²) in [7, 11) is 3.94. The lowest BCUT2D eigenvalue weighted by atomic mass is 9.73. The molecule has 2 aromatic carbocycles. The van der Waals surface area contributed by atoms with Gasteiger partial charge < -0.3 is 9.64 Å². The van der Waals surface area contributed by atoms with Gasteiger partial charge in [-0.3, -0.25) is 0 Å². The highest BCUT2D eigenvalue weighted by Gasteiger charge is 2.43. The fraction of sp³-hybridized carbons (Fsp3) is 0.429. The van der Waals surface area contributed by atoms with Crippen LogP contribution in [0.15, 0.2) is 42.5 Å². The van der Waals surface area contributed by atoms with Gasteiger partial charge in [-0.2, -0.15) is 0 Å². The first-order valence-corrected chi connectivity index (χ1v) is 8.77. The predicted molar refractivity (Wildman–Crippen MR) is 94.1 cm³/mol. The first-order chi connectivity index (χ1) is 11.7. The summed E-state index contributed by atoms with van der Waals surface area (Å²) in [4.78, 5) is 2.47. The molecule has 0 N–H and O–H groups in total. The van der Waals surface area contributed by atoms with Crippen LogP contribution < -0.4 is 4.74 Å². The quantitative estimate of drug-likeness (QED) is 0.844. The topological polar surface area (TPSA) is 12.5 Å². The van der Waals surface area contributed by atoms with Gasteiger partial charge in [-0.1, -0.05) is 18.2 Å². The van der Waals surface area contributed by atoms with Gasteiger partial charge in [-0.15, -0.1) is 0 Å². The highest BCUT2D eigenvalue weighted by atomic mass is 19.1. The zero-order valence-electron chi connectivity index (χ0n) is 14.3. The second kappa shape index (κ2) is 6.21. The molecule has 3 atom stereocenters. The summed E-state index contributed by atoms with van der Waals surface area (Å²) in [5.74, 6) is 2.06. The van der Waals surface area contributed by atoms with E-state index in [1.165, 1.54) is 23.6 Å². The van der Waals surface area contributed by atoms with E-state index in [4.69, 9.17) is 4.74 Å². The van der Waals surface area contributed by atoms with Crippen molar-refractivity contribution in [1.82, 2.24) is 4.90 Å². The van der Waals surface area contributed by atoms with E-state index >= 15 is 0 Å².